The van der Waals surface area contributed by atoms with Crippen LogP contribution in [0.2, 0.25) is 0 Å². The van der Waals surface area contributed by atoms with Crippen molar-refractivity contribution in [1.29, 1.82) is 0 Å². The molecule has 0 aliphatic carbocycles. The lowest BCUT2D eigenvalue weighted by Crippen LogP contribution is -2.00. The van der Waals surface area contributed by atoms with Gasteiger partial charge in [0, 0.05) is 2.74 Å². The van der Waals surface area contributed by atoms with Crippen LogP contribution >= 0.6 is 0 Å². The third-order valence-electron chi connectivity index (χ3n) is 3.26. The Morgan fingerprint density at radius 2 is 1.61 bits per heavy atom. The van der Waals surface area contributed by atoms with E-state index in [0.717, 1.165) is 24.8 Å². The van der Waals surface area contributed by atoms with Gasteiger partial charge in [0.05, 0.1) is 0 Å². The predicted octanol–water partition coefficient (Wildman–Crippen LogP) is 5.20. The molecule has 0 spiro atoms. The van der Waals surface area contributed by atoms with Gasteiger partial charge in [-0.2, -0.15) is 0 Å². The van der Waals surface area contributed by atoms with Crippen LogP contribution in [0.1, 0.15) is 45.9 Å². The summed E-state index contributed by atoms with van der Waals surface area (Å²) in [7, 11) is 0. The van der Waals surface area contributed by atoms with E-state index < -0.39 is 0 Å². The quantitative estimate of drug-likeness (QED) is 0.650. The molecule has 0 aromatic heterocycles. The van der Waals surface area contributed by atoms with Crippen molar-refractivity contribution >= 4 is 0 Å². The molecular formula is C18H22. The average molecular weight is 240 g/mol. The molecule has 2 atom stereocenters. The molecule has 2 aromatic rings. The van der Waals surface area contributed by atoms with Gasteiger partial charge in [-0.15, -0.1) is 0 Å². The molecule has 0 amide bonds. The monoisotopic (exact) mass is 240 g/mol. The summed E-state index contributed by atoms with van der Waals surface area (Å²) in [5.74, 6) is 0.379. The van der Waals surface area contributed by atoms with Crippen LogP contribution in [0.3, 0.4) is 0 Å². The lowest BCUT2D eigenvalue weighted by Gasteiger charge is -2.16. The van der Waals surface area contributed by atoms with Gasteiger partial charge in [-0.25, -0.2) is 0 Å². The first-order valence-corrected chi connectivity index (χ1v) is 6.62. The maximum absolute atomic E-state index is 8.38. The Morgan fingerprint density at radius 1 is 0.944 bits per heavy atom. The summed E-state index contributed by atoms with van der Waals surface area (Å²) < 4.78 is 15.7. The Kier molecular flexibility index (Phi) is 4.04. The highest BCUT2D eigenvalue weighted by atomic mass is 14.1. The van der Waals surface area contributed by atoms with Crippen LogP contribution < -0.4 is 0 Å². The smallest absolute Gasteiger partial charge is 0.0316 e. The van der Waals surface area contributed by atoms with Crippen molar-refractivity contribution in [3.8, 4) is 0 Å². The summed E-state index contributed by atoms with van der Waals surface area (Å²) in [5, 5.41) is 0. The van der Waals surface area contributed by atoms with E-state index in [1.807, 2.05) is 36.4 Å². The first-order chi connectivity index (χ1) is 9.81. The predicted molar refractivity (Wildman–Crippen MR) is 78.9 cm³/mol. The largest absolute Gasteiger partial charge is 0.0654 e. The van der Waals surface area contributed by atoms with Gasteiger partial charge >= 0.3 is 0 Å². The van der Waals surface area contributed by atoms with Gasteiger partial charge < -0.3 is 0 Å². The van der Waals surface area contributed by atoms with E-state index in [0.29, 0.717) is 12.8 Å². The number of aryl methyl sites for hydroxylation is 1. The minimum Gasteiger partial charge on any atom is -0.0654 e. The van der Waals surface area contributed by atoms with E-state index in [9.17, 15) is 0 Å². The van der Waals surface area contributed by atoms with Gasteiger partial charge in [0.2, 0.25) is 0 Å². The average Bonchev–Trinajstić information content (AvgIpc) is 2.53. The minimum atomic E-state index is -0.188. The van der Waals surface area contributed by atoms with E-state index in [-0.39, 0.29) is 6.40 Å². The Hall–Kier alpha value is -1.56. The number of hydrogen-bond donors (Lipinski definition) is 0. The van der Waals surface area contributed by atoms with E-state index in [4.69, 9.17) is 2.74 Å². The van der Waals surface area contributed by atoms with Crippen molar-refractivity contribution in [2.75, 3.05) is 0 Å². The molecule has 0 saturated heterocycles. The van der Waals surface area contributed by atoms with Gasteiger partial charge in [0.1, 0.15) is 0 Å². The van der Waals surface area contributed by atoms with Crippen molar-refractivity contribution in [3.63, 3.8) is 0 Å². The van der Waals surface area contributed by atoms with Crippen LogP contribution in [0.15, 0.2) is 60.7 Å². The topological polar surface area (TPSA) is 0 Å². The highest BCUT2D eigenvalue weighted by Crippen LogP contribution is 2.26. The second-order valence-corrected chi connectivity index (χ2v) is 4.60. The summed E-state index contributed by atoms with van der Waals surface area (Å²) >= 11 is 0. The summed E-state index contributed by atoms with van der Waals surface area (Å²) in [5.41, 5.74) is 2.38. The van der Waals surface area contributed by atoms with Crippen LogP contribution in [0.4, 0.5) is 0 Å². The molecule has 0 aliphatic heterocycles. The zero-order chi connectivity index (χ0) is 14.2. The van der Waals surface area contributed by atoms with Crippen molar-refractivity contribution in [2.45, 2.75) is 38.5 Å². The van der Waals surface area contributed by atoms with Gasteiger partial charge in [-0.3, -0.25) is 0 Å². The molecule has 0 nitrogen and oxygen atoms in total. The Labute approximate surface area is 113 Å². The summed E-state index contributed by atoms with van der Waals surface area (Å²) in [6.07, 6.45) is 2.54. The Morgan fingerprint density at radius 3 is 2.28 bits per heavy atom. The zero-order valence-electron chi connectivity index (χ0n) is 12.8. The molecule has 0 saturated carbocycles. The van der Waals surface area contributed by atoms with Gasteiger partial charge in [0.15, 0.2) is 0 Å². The first kappa shape index (κ1) is 10.4. The lowest BCUT2D eigenvalue weighted by atomic mass is 9.89. The van der Waals surface area contributed by atoms with Crippen LogP contribution in [-0.4, -0.2) is 0 Å². The van der Waals surface area contributed by atoms with E-state index in [1.54, 1.807) is 0 Å². The van der Waals surface area contributed by atoms with E-state index in [2.05, 4.69) is 24.3 Å². The van der Waals surface area contributed by atoms with Crippen LogP contribution in [-0.2, 0) is 6.40 Å². The lowest BCUT2D eigenvalue weighted by molar-refractivity contribution is 0.568. The summed E-state index contributed by atoms with van der Waals surface area (Å²) in [4.78, 5) is 0. The molecular weight excluding hydrogens is 216 g/mol. The Balaban J connectivity index is 2.08. The maximum Gasteiger partial charge on any atom is 0.0316 e. The summed E-state index contributed by atoms with van der Waals surface area (Å²) in [6, 6.07) is 20.5. The number of hydrogen-bond acceptors (Lipinski definition) is 0. The van der Waals surface area contributed by atoms with Gasteiger partial charge in [-0.05, 0) is 36.3 Å². The fourth-order valence-electron chi connectivity index (χ4n) is 2.26. The molecule has 0 heteroatoms. The maximum atomic E-state index is 8.38. The van der Waals surface area contributed by atoms with E-state index in [1.165, 1.54) is 5.56 Å². The molecule has 2 unspecified atom stereocenters. The van der Waals surface area contributed by atoms with Crippen LogP contribution in [0.5, 0.6) is 0 Å². The zero-order valence-corrected chi connectivity index (χ0v) is 10.8. The van der Waals surface area contributed by atoms with Crippen LogP contribution in [0.25, 0.3) is 0 Å². The summed E-state index contributed by atoms with van der Waals surface area (Å²) in [6.45, 7) is 0.470. The van der Waals surface area contributed by atoms with Crippen molar-refractivity contribution in [2.24, 2.45) is 0 Å². The molecule has 0 bridgehead atoms. The molecule has 94 valence electrons. The second-order valence-electron chi connectivity index (χ2n) is 4.60. The van der Waals surface area contributed by atoms with Gasteiger partial charge in [0.25, 0.3) is 0 Å². The van der Waals surface area contributed by atoms with Crippen molar-refractivity contribution < 1.29 is 2.74 Å². The fraction of sp³-hybridized carbons (Fsp3) is 0.333. The first-order valence-electron chi connectivity index (χ1n) is 7.91. The number of benzene rings is 2. The molecule has 2 rings (SSSR count). The second kappa shape index (κ2) is 7.00. The number of rotatable bonds is 6. The highest BCUT2D eigenvalue weighted by Gasteiger charge is 2.10. The van der Waals surface area contributed by atoms with Gasteiger partial charge in [-0.1, -0.05) is 74.0 Å². The Bertz CT molecular complexity index is 481. The molecule has 0 heterocycles. The molecule has 18 heavy (non-hydrogen) atoms. The molecule has 0 radical (unpaired) electrons. The highest BCUT2D eigenvalue weighted by molar-refractivity contribution is 5.21. The molecule has 0 aliphatic rings. The fourth-order valence-corrected chi connectivity index (χ4v) is 2.26. The van der Waals surface area contributed by atoms with Crippen LogP contribution in [0, 0.1) is 0 Å². The standard InChI is InChI=1S/C18H22/c1-2-9-17(18-12-7-4-8-13-18)15-14-16-10-5-3-6-11-16/h3-8,10-13,17H,2,9,14-15H2,1H3/i1D,14D. The third kappa shape index (κ3) is 3.73. The molecule has 2 aromatic carbocycles. The van der Waals surface area contributed by atoms with Crippen molar-refractivity contribution in [1.82, 2.24) is 0 Å². The van der Waals surface area contributed by atoms with Crippen molar-refractivity contribution in [3.05, 3.63) is 71.8 Å². The molecule has 0 fully saturated rings. The normalized spacial score (nSPS) is 15.6. The third-order valence-corrected chi connectivity index (χ3v) is 3.26. The SMILES string of the molecule is [2H]CCCC(CC([2H])c1ccccc1)c1ccccc1. The van der Waals surface area contributed by atoms with E-state index >= 15 is 0 Å². The minimum absolute atomic E-state index is 0.188. The molecule has 0 N–H and O–H groups in total.